The number of hydrogen-bond acceptors (Lipinski definition) is 5. The van der Waals surface area contributed by atoms with Crippen LogP contribution in [-0.4, -0.2) is 10.7 Å². The van der Waals surface area contributed by atoms with E-state index in [0.717, 1.165) is 22.0 Å². The molecule has 0 fully saturated rings. The fourth-order valence-corrected chi connectivity index (χ4v) is 2.24. The Balaban J connectivity index is 2.15. The number of nitrogens with two attached hydrogens (primary N) is 1. The number of para-hydroxylation sites is 1. The third-order valence-corrected chi connectivity index (χ3v) is 3.36. The van der Waals surface area contributed by atoms with E-state index in [1.165, 1.54) is 11.3 Å². The summed E-state index contributed by atoms with van der Waals surface area (Å²) < 4.78 is 0. The van der Waals surface area contributed by atoms with Gasteiger partial charge in [0.25, 0.3) is 0 Å². The maximum absolute atomic E-state index is 5.66. The van der Waals surface area contributed by atoms with Crippen molar-refractivity contribution < 1.29 is 0 Å². The van der Waals surface area contributed by atoms with Crippen molar-refractivity contribution in [1.82, 2.24) is 4.98 Å². The number of benzene rings is 1. The molecule has 0 aliphatic carbocycles. The first-order chi connectivity index (χ1) is 8.16. The highest BCUT2D eigenvalue weighted by molar-refractivity contribution is 7.17. The highest BCUT2D eigenvalue weighted by Crippen LogP contribution is 2.20. The summed E-state index contributed by atoms with van der Waals surface area (Å²) in [6.45, 7) is 3.87. The van der Waals surface area contributed by atoms with Crippen LogP contribution in [0.3, 0.4) is 0 Å². The molecule has 0 radical (unpaired) electrons. The Morgan fingerprint density at radius 3 is 2.65 bits per heavy atom. The Labute approximate surface area is 104 Å². The van der Waals surface area contributed by atoms with Gasteiger partial charge < -0.3 is 5.73 Å². The normalized spacial score (nSPS) is 11.5. The Kier molecular flexibility index (Phi) is 3.39. The summed E-state index contributed by atoms with van der Waals surface area (Å²) in [7, 11) is 0. The first-order valence-corrected chi connectivity index (χ1v) is 6.07. The molecule has 0 aliphatic heterocycles. The number of nitrogens with one attached hydrogen (secondary N) is 1. The van der Waals surface area contributed by atoms with Crippen molar-refractivity contribution >= 4 is 27.9 Å². The standard InChI is InChI=1S/C12H14N4S/c1-8-11(17-12(13)14-8)9(2)15-16-10-6-4-3-5-7-10/h3-7,16H,1-2H3,(H2,13,14)/b15-9+. The Bertz CT molecular complexity index is 531. The number of rotatable bonds is 3. The summed E-state index contributed by atoms with van der Waals surface area (Å²) in [4.78, 5) is 5.19. The molecule has 2 rings (SSSR count). The van der Waals surface area contributed by atoms with Crippen molar-refractivity contribution in [3.05, 3.63) is 40.9 Å². The zero-order chi connectivity index (χ0) is 12.3. The molecule has 1 heterocycles. The Hall–Kier alpha value is -1.88. The van der Waals surface area contributed by atoms with Gasteiger partial charge in [0.2, 0.25) is 0 Å². The number of nitrogen functional groups attached to an aromatic ring is 1. The van der Waals surface area contributed by atoms with E-state index in [-0.39, 0.29) is 0 Å². The molecule has 3 N–H and O–H groups in total. The maximum atomic E-state index is 5.66. The summed E-state index contributed by atoms with van der Waals surface area (Å²) in [6.07, 6.45) is 0. The minimum Gasteiger partial charge on any atom is -0.375 e. The largest absolute Gasteiger partial charge is 0.375 e. The first-order valence-electron chi connectivity index (χ1n) is 5.25. The lowest BCUT2D eigenvalue weighted by atomic mass is 10.3. The maximum Gasteiger partial charge on any atom is 0.180 e. The second-order valence-corrected chi connectivity index (χ2v) is 4.67. The van der Waals surface area contributed by atoms with Gasteiger partial charge in [0, 0.05) is 0 Å². The molecule has 0 spiro atoms. The van der Waals surface area contributed by atoms with Crippen molar-refractivity contribution in [3.63, 3.8) is 0 Å². The van der Waals surface area contributed by atoms with Crippen molar-refractivity contribution in [1.29, 1.82) is 0 Å². The molecule has 17 heavy (non-hydrogen) atoms. The van der Waals surface area contributed by atoms with E-state index >= 15 is 0 Å². The van der Waals surface area contributed by atoms with Gasteiger partial charge in [0.1, 0.15) is 0 Å². The number of aryl methyl sites for hydroxylation is 1. The lowest BCUT2D eigenvalue weighted by Crippen LogP contribution is -1.99. The van der Waals surface area contributed by atoms with Crippen LogP contribution in [0.5, 0.6) is 0 Å². The van der Waals surface area contributed by atoms with Gasteiger partial charge in [-0.15, -0.1) is 0 Å². The average molecular weight is 246 g/mol. The van der Waals surface area contributed by atoms with Crippen LogP contribution in [0.15, 0.2) is 35.4 Å². The van der Waals surface area contributed by atoms with E-state index in [4.69, 9.17) is 5.73 Å². The van der Waals surface area contributed by atoms with Gasteiger partial charge >= 0.3 is 0 Å². The van der Waals surface area contributed by atoms with Gasteiger partial charge in [-0.25, -0.2) is 4.98 Å². The van der Waals surface area contributed by atoms with Gasteiger partial charge in [-0.1, -0.05) is 29.5 Å². The lowest BCUT2D eigenvalue weighted by molar-refractivity contribution is 1.25. The molecule has 1 aromatic carbocycles. The van der Waals surface area contributed by atoms with E-state index < -0.39 is 0 Å². The van der Waals surface area contributed by atoms with Gasteiger partial charge in [-0.2, -0.15) is 5.10 Å². The summed E-state index contributed by atoms with van der Waals surface area (Å²) in [5.41, 5.74) is 11.4. The second-order valence-electron chi connectivity index (χ2n) is 3.64. The zero-order valence-electron chi connectivity index (χ0n) is 9.77. The van der Waals surface area contributed by atoms with Gasteiger partial charge in [-0.05, 0) is 26.0 Å². The molecule has 0 unspecified atom stereocenters. The molecule has 5 heteroatoms. The molecule has 4 nitrogen and oxygen atoms in total. The van der Waals surface area contributed by atoms with E-state index in [1.807, 2.05) is 44.2 Å². The predicted molar refractivity (Wildman–Crippen MR) is 73.5 cm³/mol. The van der Waals surface area contributed by atoms with Crippen molar-refractivity contribution in [3.8, 4) is 0 Å². The molecule has 0 bridgehead atoms. The number of anilines is 2. The molecule has 0 aliphatic rings. The Morgan fingerprint density at radius 1 is 1.35 bits per heavy atom. The fraction of sp³-hybridized carbons (Fsp3) is 0.167. The van der Waals surface area contributed by atoms with Crippen LogP contribution in [0.4, 0.5) is 10.8 Å². The molecule has 0 amide bonds. The van der Waals surface area contributed by atoms with Crippen LogP contribution in [0.2, 0.25) is 0 Å². The third kappa shape index (κ3) is 2.82. The number of thiazole rings is 1. The second kappa shape index (κ2) is 4.97. The van der Waals surface area contributed by atoms with Gasteiger partial charge in [0.15, 0.2) is 5.13 Å². The number of hydrogen-bond donors (Lipinski definition) is 2. The molecular formula is C12H14N4S. The first kappa shape index (κ1) is 11.6. The molecule has 0 saturated heterocycles. The minimum atomic E-state index is 0.576. The summed E-state index contributed by atoms with van der Waals surface area (Å²) in [5.74, 6) is 0. The number of hydrazone groups is 1. The SMILES string of the molecule is C/C(=N\Nc1ccccc1)c1sc(N)nc1C. The van der Waals surface area contributed by atoms with E-state index in [1.54, 1.807) is 0 Å². The van der Waals surface area contributed by atoms with Crippen LogP contribution in [-0.2, 0) is 0 Å². The van der Waals surface area contributed by atoms with Gasteiger partial charge in [0.05, 0.1) is 22.0 Å². The lowest BCUT2D eigenvalue weighted by Gasteiger charge is -2.01. The van der Waals surface area contributed by atoms with Crippen LogP contribution < -0.4 is 11.2 Å². The molecule has 88 valence electrons. The quantitative estimate of drug-likeness (QED) is 0.646. The molecule has 0 atom stereocenters. The number of nitrogens with zero attached hydrogens (tertiary/aromatic N) is 2. The summed E-state index contributed by atoms with van der Waals surface area (Å²) in [5, 5.41) is 4.90. The van der Waals surface area contributed by atoms with Crippen molar-refractivity contribution in [2.45, 2.75) is 13.8 Å². The highest BCUT2D eigenvalue weighted by atomic mass is 32.1. The van der Waals surface area contributed by atoms with Crippen LogP contribution in [0.1, 0.15) is 17.5 Å². The molecule has 2 aromatic rings. The Morgan fingerprint density at radius 2 is 2.06 bits per heavy atom. The van der Waals surface area contributed by atoms with E-state index in [0.29, 0.717) is 5.13 Å². The highest BCUT2D eigenvalue weighted by Gasteiger charge is 2.07. The molecule has 0 saturated carbocycles. The molecular weight excluding hydrogens is 232 g/mol. The van der Waals surface area contributed by atoms with Crippen molar-refractivity contribution in [2.24, 2.45) is 5.10 Å². The summed E-state index contributed by atoms with van der Waals surface area (Å²) >= 11 is 1.45. The van der Waals surface area contributed by atoms with Gasteiger partial charge in [-0.3, -0.25) is 5.43 Å². The van der Waals surface area contributed by atoms with Crippen LogP contribution in [0, 0.1) is 6.92 Å². The predicted octanol–water partition coefficient (Wildman–Crippen LogP) is 2.87. The smallest absolute Gasteiger partial charge is 0.180 e. The van der Waals surface area contributed by atoms with Crippen LogP contribution >= 0.6 is 11.3 Å². The number of aromatic nitrogens is 1. The topological polar surface area (TPSA) is 63.3 Å². The zero-order valence-corrected chi connectivity index (χ0v) is 10.6. The third-order valence-electron chi connectivity index (χ3n) is 2.27. The molecule has 1 aromatic heterocycles. The average Bonchev–Trinajstić information content (AvgIpc) is 2.67. The van der Waals surface area contributed by atoms with E-state index in [9.17, 15) is 0 Å². The van der Waals surface area contributed by atoms with Crippen molar-refractivity contribution in [2.75, 3.05) is 11.2 Å². The monoisotopic (exact) mass is 246 g/mol. The van der Waals surface area contributed by atoms with E-state index in [2.05, 4.69) is 15.5 Å². The summed E-state index contributed by atoms with van der Waals surface area (Å²) in [6, 6.07) is 9.82. The minimum absolute atomic E-state index is 0.576. The fourth-order valence-electron chi connectivity index (χ4n) is 1.46. The van der Waals surface area contributed by atoms with Crippen LogP contribution in [0.25, 0.3) is 0 Å².